The first-order valence-corrected chi connectivity index (χ1v) is 9.41. The summed E-state index contributed by atoms with van der Waals surface area (Å²) in [6, 6.07) is 9.53. The lowest BCUT2D eigenvalue weighted by molar-refractivity contribution is -0.121. The predicted octanol–water partition coefficient (Wildman–Crippen LogP) is 4.00. The number of aromatic amines is 1. The standard InChI is InChI=1S/C21H22F2N4O/c1-13-2-5-18-19(10-13)26-20(25-18)12-27-8-6-14(7-9-27)21(28)24-15-3-4-16(22)17(23)11-15/h2-5,10-11,14H,6-9,12H2,1H3,(H,24,28)(H,25,26). The van der Waals surface area contributed by atoms with Crippen LogP contribution in [0.25, 0.3) is 11.0 Å². The molecule has 7 heteroatoms. The van der Waals surface area contributed by atoms with Crippen molar-refractivity contribution < 1.29 is 13.6 Å². The summed E-state index contributed by atoms with van der Waals surface area (Å²) in [5.74, 6) is -1.25. The number of anilines is 1. The first kappa shape index (κ1) is 18.6. The zero-order valence-electron chi connectivity index (χ0n) is 15.6. The molecule has 1 fully saturated rings. The number of carbonyl (C=O) groups is 1. The van der Waals surface area contributed by atoms with E-state index >= 15 is 0 Å². The van der Waals surface area contributed by atoms with E-state index in [1.54, 1.807) is 0 Å². The van der Waals surface area contributed by atoms with Crippen molar-refractivity contribution in [3.63, 3.8) is 0 Å². The highest BCUT2D eigenvalue weighted by Gasteiger charge is 2.25. The Bertz CT molecular complexity index is 1010. The predicted molar refractivity (Wildman–Crippen MR) is 104 cm³/mol. The van der Waals surface area contributed by atoms with E-state index in [0.717, 1.165) is 54.9 Å². The summed E-state index contributed by atoms with van der Waals surface area (Å²) in [6.45, 7) is 4.33. The molecule has 28 heavy (non-hydrogen) atoms. The van der Waals surface area contributed by atoms with Gasteiger partial charge in [0.25, 0.3) is 0 Å². The molecule has 1 aliphatic heterocycles. The third-order valence-electron chi connectivity index (χ3n) is 5.21. The van der Waals surface area contributed by atoms with Crippen LogP contribution >= 0.6 is 0 Å². The second-order valence-corrected chi connectivity index (χ2v) is 7.37. The molecule has 2 heterocycles. The van der Waals surface area contributed by atoms with Gasteiger partial charge >= 0.3 is 0 Å². The van der Waals surface area contributed by atoms with E-state index in [4.69, 9.17) is 0 Å². The number of imidazole rings is 1. The van der Waals surface area contributed by atoms with Gasteiger partial charge in [0.1, 0.15) is 5.82 Å². The topological polar surface area (TPSA) is 61.0 Å². The minimum atomic E-state index is -0.964. The average Bonchev–Trinajstić information content (AvgIpc) is 3.06. The van der Waals surface area contributed by atoms with Gasteiger partial charge in [0.2, 0.25) is 5.91 Å². The van der Waals surface area contributed by atoms with E-state index < -0.39 is 11.6 Å². The molecule has 0 aliphatic carbocycles. The molecule has 0 unspecified atom stereocenters. The molecule has 0 bridgehead atoms. The lowest BCUT2D eigenvalue weighted by Gasteiger charge is -2.30. The highest BCUT2D eigenvalue weighted by atomic mass is 19.2. The van der Waals surface area contributed by atoms with E-state index in [0.29, 0.717) is 6.54 Å². The summed E-state index contributed by atoms with van der Waals surface area (Å²) in [5, 5.41) is 2.68. The molecule has 2 aromatic carbocycles. The molecule has 2 N–H and O–H groups in total. The van der Waals surface area contributed by atoms with Crippen LogP contribution in [0.2, 0.25) is 0 Å². The van der Waals surface area contributed by atoms with Crippen LogP contribution in [0.3, 0.4) is 0 Å². The lowest BCUT2D eigenvalue weighted by Crippen LogP contribution is -2.38. The summed E-state index contributed by atoms with van der Waals surface area (Å²) in [7, 11) is 0. The van der Waals surface area contributed by atoms with Crippen LogP contribution in [-0.2, 0) is 11.3 Å². The van der Waals surface area contributed by atoms with E-state index in [9.17, 15) is 13.6 Å². The Morgan fingerprint density at radius 3 is 2.71 bits per heavy atom. The average molecular weight is 384 g/mol. The Balaban J connectivity index is 1.32. The van der Waals surface area contributed by atoms with Crippen LogP contribution in [0, 0.1) is 24.5 Å². The Morgan fingerprint density at radius 2 is 1.96 bits per heavy atom. The van der Waals surface area contributed by atoms with Gasteiger partial charge in [0.15, 0.2) is 11.6 Å². The Kier molecular flexibility index (Phi) is 5.09. The number of benzene rings is 2. The zero-order chi connectivity index (χ0) is 19.7. The molecule has 0 atom stereocenters. The molecule has 1 aromatic heterocycles. The number of aromatic nitrogens is 2. The minimum absolute atomic E-state index is 0.136. The summed E-state index contributed by atoms with van der Waals surface area (Å²) in [6.07, 6.45) is 1.43. The number of hydrogen-bond donors (Lipinski definition) is 2. The van der Waals surface area contributed by atoms with Gasteiger partial charge < -0.3 is 10.3 Å². The third-order valence-corrected chi connectivity index (χ3v) is 5.21. The van der Waals surface area contributed by atoms with Crippen LogP contribution < -0.4 is 5.32 Å². The molecule has 0 radical (unpaired) electrons. The van der Waals surface area contributed by atoms with Crippen LogP contribution in [0.5, 0.6) is 0 Å². The quantitative estimate of drug-likeness (QED) is 0.715. The number of likely N-dealkylation sites (tertiary alicyclic amines) is 1. The number of piperidine rings is 1. The van der Waals surface area contributed by atoms with Crippen molar-refractivity contribution in [3.8, 4) is 0 Å². The number of halogens is 2. The van der Waals surface area contributed by atoms with Crippen molar-refractivity contribution in [3.05, 3.63) is 59.4 Å². The highest BCUT2D eigenvalue weighted by Crippen LogP contribution is 2.22. The van der Waals surface area contributed by atoms with E-state index in [1.807, 2.05) is 12.1 Å². The largest absolute Gasteiger partial charge is 0.341 e. The molecular weight excluding hydrogens is 362 g/mol. The number of carbonyl (C=O) groups excluding carboxylic acids is 1. The SMILES string of the molecule is Cc1ccc2nc(CN3CCC(C(=O)Nc4ccc(F)c(F)c4)CC3)[nH]c2c1. The second kappa shape index (κ2) is 7.67. The van der Waals surface area contributed by atoms with Crippen molar-refractivity contribution in [1.82, 2.24) is 14.9 Å². The lowest BCUT2D eigenvalue weighted by atomic mass is 9.96. The Hall–Kier alpha value is -2.80. The van der Waals surface area contributed by atoms with E-state index in [-0.39, 0.29) is 17.5 Å². The fourth-order valence-corrected chi connectivity index (χ4v) is 3.63. The van der Waals surface area contributed by atoms with Crippen LogP contribution in [-0.4, -0.2) is 33.9 Å². The maximum atomic E-state index is 13.3. The van der Waals surface area contributed by atoms with Gasteiger partial charge in [0.05, 0.1) is 17.6 Å². The van der Waals surface area contributed by atoms with Gasteiger partial charge in [-0.2, -0.15) is 0 Å². The second-order valence-electron chi connectivity index (χ2n) is 7.37. The van der Waals surface area contributed by atoms with E-state index in [1.165, 1.54) is 11.6 Å². The van der Waals surface area contributed by atoms with Crippen molar-refractivity contribution in [2.75, 3.05) is 18.4 Å². The molecule has 0 saturated carbocycles. The fraction of sp³-hybridized carbons (Fsp3) is 0.333. The van der Waals surface area contributed by atoms with E-state index in [2.05, 4.69) is 33.2 Å². The molecule has 1 amide bonds. The summed E-state index contributed by atoms with van der Waals surface area (Å²) in [5.41, 5.74) is 3.47. The van der Waals surface area contributed by atoms with Crippen molar-refractivity contribution in [2.45, 2.75) is 26.3 Å². The number of rotatable bonds is 4. The third kappa shape index (κ3) is 4.04. The van der Waals surface area contributed by atoms with Gasteiger partial charge in [-0.3, -0.25) is 9.69 Å². The van der Waals surface area contributed by atoms with Crippen molar-refractivity contribution >= 4 is 22.6 Å². The van der Waals surface area contributed by atoms with Gasteiger partial charge in [-0.1, -0.05) is 6.07 Å². The van der Waals surface area contributed by atoms with Crippen LogP contribution in [0.1, 0.15) is 24.2 Å². The number of aryl methyl sites for hydroxylation is 1. The number of nitrogens with one attached hydrogen (secondary N) is 2. The first-order chi connectivity index (χ1) is 13.5. The molecule has 0 spiro atoms. The first-order valence-electron chi connectivity index (χ1n) is 9.41. The summed E-state index contributed by atoms with van der Waals surface area (Å²) < 4.78 is 26.3. The number of hydrogen-bond acceptors (Lipinski definition) is 3. The van der Waals surface area contributed by atoms with Gasteiger partial charge in [-0.25, -0.2) is 13.8 Å². The maximum absolute atomic E-state index is 13.3. The molecule has 3 aromatic rings. The van der Waals surface area contributed by atoms with Gasteiger partial charge in [0, 0.05) is 17.7 Å². The van der Waals surface area contributed by atoms with Crippen LogP contribution in [0.4, 0.5) is 14.5 Å². The molecule has 4 rings (SSSR count). The zero-order valence-corrected chi connectivity index (χ0v) is 15.6. The van der Waals surface area contributed by atoms with Crippen molar-refractivity contribution in [2.24, 2.45) is 5.92 Å². The Morgan fingerprint density at radius 1 is 1.18 bits per heavy atom. The number of nitrogens with zero attached hydrogens (tertiary/aromatic N) is 2. The Labute approximate surface area is 161 Å². The molecular formula is C21H22F2N4O. The minimum Gasteiger partial charge on any atom is -0.341 e. The normalized spacial score (nSPS) is 15.8. The summed E-state index contributed by atoms with van der Waals surface area (Å²) in [4.78, 5) is 22.7. The van der Waals surface area contributed by atoms with Gasteiger partial charge in [-0.15, -0.1) is 0 Å². The summed E-state index contributed by atoms with van der Waals surface area (Å²) >= 11 is 0. The number of amides is 1. The van der Waals surface area contributed by atoms with Crippen LogP contribution in [0.15, 0.2) is 36.4 Å². The molecule has 1 aliphatic rings. The molecule has 5 nitrogen and oxygen atoms in total. The number of H-pyrrole nitrogens is 1. The molecule has 146 valence electrons. The van der Waals surface area contributed by atoms with Gasteiger partial charge in [-0.05, 0) is 62.7 Å². The monoisotopic (exact) mass is 384 g/mol. The van der Waals surface area contributed by atoms with Crippen molar-refractivity contribution in [1.29, 1.82) is 0 Å². The smallest absolute Gasteiger partial charge is 0.227 e. The maximum Gasteiger partial charge on any atom is 0.227 e. The molecule has 1 saturated heterocycles. The highest BCUT2D eigenvalue weighted by molar-refractivity contribution is 5.92. The number of fused-ring (bicyclic) bond motifs is 1. The fourth-order valence-electron chi connectivity index (χ4n) is 3.63.